The standard InChI is InChI=1S/C21H22N2O3/c24-21-18-7-6-17(25-13-12-23-10-8-22-9-11-23)14-20(18)26-15-19(21)16-4-2-1-3-5-16/h1-7,14-15,22H,8-13H2. The van der Waals surface area contributed by atoms with Crippen molar-refractivity contribution in [1.82, 2.24) is 10.2 Å². The smallest absolute Gasteiger partial charge is 0.200 e. The summed E-state index contributed by atoms with van der Waals surface area (Å²) >= 11 is 0. The third-order valence-corrected chi connectivity index (χ3v) is 4.72. The van der Waals surface area contributed by atoms with Gasteiger partial charge in [0.2, 0.25) is 0 Å². The van der Waals surface area contributed by atoms with Crippen LogP contribution in [0.5, 0.6) is 5.75 Å². The molecule has 0 spiro atoms. The second-order valence-electron chi connectivity index (χ2n) is 6.44. The third-order valence-electron chi connectivity index (χ3n) is 4.72. The van der Waals surface area contributed by atoms with Crippen molar-refractivity contribution >= 4 is 11.0 Å². The monoisotopic (exact) mass is 350 g/mol. The van der Waals surface area contributed by atoms with Crippen molar-refractivity contribution < 1.29 is 9.15 Å². The molecule has 0 radical (unpaired) electrons. The van der Waals surface area contributed by atoms with Gasteiger partial charge in [-0.1, -0.05) is 30.3 Å². The summed E-state index contributed by atoms with van der Waals surface area (Å²) in [6.07, 6.45) is 1.53. The quantitative estimate of drug-likeness (QED) is 0.767. The summed E-state index contributed by atoms with van der Waals surface area (Å²) in [6, 6.07) is 15.0. The molecule has 1 aromatic heterocycles. The van der Waals surface area contributed by atoms with Crippen molar-refractivity contribution in [3.63, 3.8) is 0 Å². The molecule has 26 heavy (non-hydrogen) atoms. The molecule has 2 heterocycles. The van der Waals surface area contributed by atoms with E-state index in [1.54, 1.807) is 12.1 Å². The first-order valence-electron chi connectivity index (χ1n) is 8.98. The van der Waals surface area contributed by atoms with Gasteiger partial charge in [-0.2, -0.15) is 0 Å². The normalized spacial score (nSPS) is 15.2. The van der Waals surface area contributed by atoms with Crippen LogP contribution in [0.2, 0.25) is 0 Å². The average Bonchev–Trinajstić information content (AvgIpc) is 2.70. The molecule has 0 aliphatic carbocycles. The van der Waals surface area contributed by atoms with Gasteiger partial charge < -0.3 is 14.5 Å². The van der Waals surface area contributed by atoms with Gasteiger partial charge in [-0.25, -0.2) is 0 Å². The molecule has 1 aliphatic rings. The van der Waals surface area contributed by atoms with E-state index in [2.05, 4.69) is 10.2 Å². The molecule has 0 unspecified atom stereocenters. The number of hydrogen-bond acceptors (Lipinski definition) is 5. The number of benzene rings is 2. The van der Waals surface area contributed by atoms with Crippen LogP contribution >= 0.6 is 0 Å². The van der Waals surface area contributed by atoms with Crippen molar-refractivity contribution in [2.45, 2.75) is 0 Å². The number of fused-ring (bicyclic) bond motifs is 1. The van der Waals surface area contributed by atoms with E-state index in [1.165, 1.54) is 6.26 Å². The molecule has 5 heteroatoms. The summed E-state index contributed by atoms with van der Waals surface area (Å²) in [6.45, 7) is 5.70. The van der Waals surface area contributed by atoms with E-state index in [0.717, 1.165) is 44.0 Å². The van der Waals surface area contributed by atoms with Gasteiger partial charge >= 0.3 is 0 Å². The molecular weight excluding hydrogens is 328 g/mol. The molecule has 0 bridgehead atoms. The number of hydrogen-bond donors (Lipinski definition) is 1. The van der Waals surface area contributed by atoms with Gasteiger partial charge in [0.25, 0.3) is 0 Å². The van der Waals surface area contributed by atoms with E-state index in [-0.39, 0.29) is 5.43 Å². The van der Waals surface area contributed by atoms with Gasteiger partial charge in [0.1, 0.15) is 24.2 Å². The highest BCUT2D eigenvalue weighted by atomic mass is 16.5. The van der Waals surface area contributed by atoms with Crippen molar-refractivity contribution in [2.24, 2.45) is 0 Å². The average molecular weight is 350 g/mol. The Morgan fingerprint density at radius 2 is 1.88 bits per heavy atom. The lowest BCUT2D eigenvalue weighted by Crippen LogP contribution is -2.44. The zero-order valence-corrected chi connectivity index (χ0v) is 14.6. The summed E-state index contributed by atoms with van der Waals surface area (Å²) in [4.78, 5) is 15.1. The summed E-state index contributed by atoms with van der Waals surface area (Å²) in [5.74, 6) is 0.725. The Morgan fingerprint density at radius 1 is 1.08 bits per heavy atom. The second kappa shape index (κ2) is 7.72. The highest BCUT2D eigenvalue weighted by Crippen LogP contribution is 2.23. The van der Waals surface area contributed by atoms with Crippen LogP contribution in [-0.4, -0.2) is 44.2 Å². The number of nitrogens with zero attached hydrogens (tertiary/aromatic N) is 1. The van der Waals surface area contributed by atoms with E-state index >= 15 is 0 Å². The van der Waals surface area contributed by atoms with Crippen molar-refractivity contribution in [3.05, 3.63) is 65.0 Å². The fourth-order valence-electron chi connectivity index (χ4n) is 3.24. The van der Waals surface area contributed by atoms with Crippen molar-refractivity contribution in [1.29, 1.82) is 0 Å². The van der Waals surface area contributed by atoms with Gasteiger partial charge in [0.05, 0.1) is 10.9 Å². The van der Waals surface area contributed by atoms with Crippen molar-refractivity contribution in [2.75, 3.05) is 39.3 Å². The largest absolute Gasteiger partial charge is 0.492 e. The van der Waals surface area contributed by atoms with E-state index in [4.69, 9.17) is 9.15 Å². The van der Waals surface area contributed by atoms with Gasteiger partial charge in [-0.05, 0) is 17.7 Å². The molecule has 1 aliphatic heterocycles. The lowest BCUT2D eigenvalue weighted by molar-refractivity contribution is 0.191. The van der Waals surface area contributed by atoms with Gasteiger partial charge in [0.15, 0.2) is 5.43 Å². The maximum Gasteiger partial charge on any atom is 0.200 e. The molecule has 1 saturated heterocycles. The molecule has 4 rings (SSSR count). The number of ether oxygens (including phenoxy) is 1. The Balaban J connectivity index is 1.50. The first-order valence-corrected chi connectivity index (χ1v) is 8.98. The first kappa shape index (κ1) is 16.8. The van der Waals surface area contributed by atoms with Crippen LogP contribution in [0.25, 0.3) is 22.1 Å². The van der Waals surface area contributed by atoms with Crippen LogP contribution in [0.15, 0.2) is 64.0 Å². The fraction of sp³-hybridized carbons (Fsp3) is 0.286. The highest BCUT2D eigenvalue weighted by Gasteiger charge is 2.11. The van der Waals surface area contributed by atoms with Gasteiger partial charge in [-0.3, -0.25) is 9.69 Å². The van der Waals surface area contributed by atoms with Crippen LogP contribution in [0.4, 0.5) is 0 Å². The molecule has 1 fully saturated rings. The Morgan fingerprint density at radius 3 is 2.69 bits per heavy atom. The molecule has 3 aromatic rings. The van der Waals surface area contributed by atoms with Gasteiger partial charge in [0, 0.05) is 38.8 Å². The third kappa shape index (κ3) is 3.64. The van der Waals surface area contributed by atoms with Crippen LogP contribution in [0.1, 0.15) is 0 Å². The first-order chi connectivity index (χ1) is 12.8. The fourth-order valence-corrected chi connectivity index (χ4v) is 3.24. The van der Waals surface area contributed by atoms with Crippen molar-refractivity contribution in [3.8, 4) is 16.9 Å². The second-order valence-corrected chi connectivity index (χ2v) is 6.44. The lowest BCUT2D eigenvalue weighted by Gasteiger charge is -2.26. The Kier molecular flexibility index (Phi) is 5.00. The minimum atomic E-state index is -0.0233. The van der Waals surface area contributed by atoms with Crippen LogP contribution in [0.3, 0.4) is 0 Å². The predicted octanol–water partition coefficient (Wildman–Crippen LogP) is 2.74. The van der Waals surface area contributed by atoms with E-state index in [1.807, 2.05) is 36.4 Å². The maximum atomic E-state index is 12.7. The molecule has 0 saturated carbocycles. The number of piperazine rings is 1. The highest BCUT2D eigenvalue weighted by molar-refractivity contribution is 5.82. The minimum Gasteiger partial charge on any atom is -0.492 e. The molecule has 2 aromatic carbocycles. The number of rotatable bonds is 5. The molecule has 134 valence electrons. The maximum absolute atomic E-state index is 12.7. The van der Waals surface area contributed by atoms with Gasteiger partial charge in [-0.15, -0.1) is 0 Å². The SMILES string of the molecule is O=c1c(-c2ccccc2)coc2cc(OCCN3CCNCC3)ccc12. The lowest BCUT2D eigenvalue weighted by atomic mass is 10.1. The zero-order valence-electron chi connectivity index (χ0n) is 14.6. The minimum absolute atomic E-state index is 0.0233. The Bertz CT molecular complexity index is 931. The van der Waals surface area contributed by atoms with Crippen LogP contribution in [-0.2, 0) is 0 Å². The summed E-state index contributed by atoms with van der Waals surface area (Å²) < 4.78 is 11.6. The number of nitrogens with one attached hydrogen (secondary N) is 1. The topological polar surface area (TPSA) is 54.7 Å². The van der Waals surface area contributed by atoms with E-state index < -0.39 is 0 Å². The predicted molar refractivity (Wildman–Crippen MR) is 103 cm³/mol. The van der Waals surface area contributed by atoms with Crippen LogP contribution < -0.4 is 15.5 Å². The Labute approximate surface area is 152 Å². The molecule has 0 atom stereocenters. The molecular formula is C21H22N2O3. The Hall–Kier alpha value is -2.63. The summed E-state index contributed by atoms with van der Waals surface area (Å²) in [5.41, 5.74) is 1.96. The van der Waals surface area contributed by atoms with Crippen LogP contribution in [0, 0.1) is 0 Å². The molecule has 5 nitrogen and oxygen atoms in total. The summed E-state index contributed by atoms with van der Waals surface area (Å²) in [7, 11) is 0. The molecule has 1 N–H and O–H groups in total. The summed E-state index contributed by atoms with van der Waals surface area (Å²) in [5, 5.41) is 3.91. The molecule has 0 amide bonds. The zero-order chi connectivity index (χ0) is 17.8. The van der Waals surface area contributed by atoms with E-state index in [0.29, 0.717) is 23.1 Å². The van der Waals surface area contributed by atoms with E-state index in [9.17, 15) is 4.79 Å².